The maximum absolute atomic E-state index is 11.2. The standard InChI is InChI=1S/C14H16ClN5O/c15-11-7-17-3-1-10(11)8-19-4-2-13-18-12(14(16)21)9-20(13)6-5-19/h1,3,7,9H,2,4-6,8H2,(H2,16,21). The molecule has 21 heavy (non-hydrogen) atoms. The van der Waals surface area contributed by atoms with Crippen molar-refractivity contribution in [3.8, 4) is 0 Å². The van der Waals surface area contributed by atoms with Gasteiger partial charge < -0.3 is 10.3 Å². The smallest absolute Gasteiger partial charge is 0.268 e. The third-order valence-corrected chi connectivity index (χ3v) is 4.01. The van der Waals surface area contributed by atoms with Gasteiger partial charge in [-0.15, -0.1) is 0 Å². The Kier molecular flexibility index (Phi) is 3.90. The van der Waals surface area contributed by atoms with Crippen molar-refractivity contribution < 1.29 is 4.79 Å². The van der Waals surface area contributed by atoms with E-state index >= 15 is 0 Å². The first-order valence-electron chi connectivity index (χ1n) is 6.80. The zero-order valence-corrected chi connectivity index (χ0v) is 12.3. The molecule has 0 spiro atoms. The van der Waals surface area contributed by atoms with Crippen molar-refractivity contribution in [3.05, 3.63) is 46.8 Å². The highest BCUT2D eigenvalue weighted by Gasteiger charge is 2.18. The number of imidazole rings is 1. The summed E-state index contributed by atoms with van der Waals surface area (Å²) in [7, 11) is 0. The molecule has 7 heteroatoms. The van der Waals surface area contributed by atoms with Gasteiger partial charge in [0.15, 0.2) is 0 Å². The number of rotatable bonds is 3. The highest BCUT2D eigenvalue weighted by Crippen LogP contribution is 2.17. The third kappa shape index (κ3) is 3.06. The number of carbonyl (C=O) groups is 1. The first kappa shape index (κ1) is 14.0. The summed E-state index contributed by atoms with van der Waals surface area (Å²) in [6.07, 6.45) is 5.94. The lowest BCUT2D eigenvalue weighted by Crippen LogP contribution is -2.26. The molecule has 110 valence electrons. The number of fused-ring (bicyclic) bond motifs is 1. The number of hydrogen-bond donors (Lipinski definition) is 1. The normalized spacial score (nSPS) is 15.5. The van der Waals surface area contributed by atoms with Crippen LogP contribution in [0.2, 0.25) is 5.02 Å². The lowest BCUT2D eigenvalue weighted by molar-refractivity contribution is 0.0995. The number of aromatic nitrogens is 3. The maximum Gasteiger partial charge on any atom is 0.268 e. The van der Waals surface area contributed by atoms with E-state index in [-0.39, 0.29) is 0 Å². The van der Waals surface area contributed by atoms with Crippen LogP contribution in [0.1, 0.15) is 21.9 Å². The molecule has 2 aromatic rings. The Morgan fingerprint density at radius 2 is 2.24 bits per heavy atom. The van der Waals surface area contributed by atoms with Crippen LogP contribution in [0.25, 0.3) is 0 Å². The van der Waals surface area contributed by atoms with Crippen molar-refractivity contribution in [2.24, 2.45) is 5.73 Å². The summed E-state index contributed by atoms with van der Waals surface area (Å²) in [5.74, 6) is 0.433. The molecule has 0 fully saturated rings. The van der Waals surface area contributed by atoms with E-state index in [9.17, 15) is 4.79 Å². The molecular weight excluding hydrogens is 290 g/mol. The van der Waals surface area contributed by atoms with Crippen LogP contribution in [-0.4, -0.2) is 38.4 Å². The van der Waals surface area contributed by atoms with E-state index in [2.05, 4.69) is 14.9 Å². The fraction of sp³-hybridized carbons (Fsp3) is 0.357. The molecular formula is C14H16ClN5O. The van der Waals surface area contributed by atoms with E-state index in [1.54, 1.807) is 18.6 Å². The van der Waals surface area contributed by atoms with Gasteiger partial charge in [0.2, 0.25) is 0 Å². The summed E-state index contributed by atoms with van der Waals surface area (Å²) in [6, 6.07) is 1.94. The predicted molar refractivity (Wildman–Crippen MR) is 79.0 cm³/mol. The quantitative estimate of drug-likeness (QED) is 0.921. The zero-order chi connectivity index (χ0) is 14.8. The van der Waals surface area contributed by atoms with Crippen LogP contribution < -0.4 is 5.73 Å². The van der Waals surface area contributed by atoms with Gasteiger partial charge in [-0.25, -0.2) is 4.98 Å². The molecule has 2 N–H and O–H groups in total. The molecule has 0 radical (unpaired) electrons. The van der Waals surface area contributed by atoms with E-state index in [0.717, 1.165) is 44.0 Å². The predicted octanol–water partition coefficient (Wildman–Crippen LogP) is 1.09. The van der Waals surface area contributed by atoms with Gasteiger partial charge in [-0.05, 0) is 11.6 Å². The highest BCUT2D eigenvalue weighted by atomic mass is 35.5. The Hall–Kier alpha value is -1.92. The molecule has 0 saturated carbocycles. The van der Waals surface area contributed by atoms with Gasteiger partial charge >= 0.3 is 0 Å². The number of carbonyl (C=O) groups excluding carboxylic acids is 1. The fourth-order valence-corrected chi connectivity index (χ4v) is 2.70. The average molecular weight is 306 g/mol. The van der Waals surface area contributed by atoms with Gasteiger partial charge in [-0.2, -0.15) is 0 Å². The summed E-state index contributed by atoms with van der Waals surface area (Å²) < 4.78 is 2.01. The Morgan fingerprint density at radius 1 is 1.38 bits per heavy atom. The lowest BCUT2D eigenvalue weighted by Gasteiger charge is -2.20. The monoisotopic (exact) mass is 305 g/mol. The summed E-state index contributed by atoms with van der Waals surface area (Å²) in [5.41, 5.74) is 6.68. The number of amides is 1. The van der Waals surface area contributed by atoms with E-state index in [1.807, 2.05) is 10.6 Å². The second-order valence-corrected chi connectivity index (χ2v) is 5.50. The Morgan fingerprint density at radius 3 is 3.00 bits per heavy atom. The number of halogens is 1. The molecule has 0 aromatic carbocycles. The Balaban J connectivity index is 1.69. The molecule has 1 amide bonds. The minimum absolute atomic E-state index is 0.343. The molecule has 1 aliphatic heterocycles. The number of nitrogens with zero attached hydrogens (tertiary/aromatic N) is 4. The van der Waals surface area contributed by atoms with Crippen molar-refractivity contribution in [1.29, 1.82) is 0 Å². The van der Waals surface area contributed by atoms with E-state index < -0.39 is 5.91 Å². The van der Waals surface area contributed by atoms with Crippen LogP contribution in [0.3, 0.4) is 0 Å². The summed E-state index contributed by atoms with van der Waals surface area (Å²) in [6.45, 7) is 3.32. The largest absolute Gasteiger partial charge is 0.364 e. The summed E-state index contributed by atoms with van der Waals surface area (Å²) in [4.78, 5) is 21.8. The van der Waals surface area contributed by atoms with E-state index in [4.69, 9.17) is 17.3 Å². The average Bonchev–Trinajstić information content (AvgIpc) is 2.79. The Labute approximate surface area is 127 Å². The second-order valence-electron chi connectivity index (χ2n) is 5.09. The molecule has 0 saturated heterocycles. The number of primary amides is 1. The van der Waals surface area contributed by atoms with Crippen molar-refractivity contribution >= 4 is 17.5 Å². The minimum Gasteiger partial charge on any atom is -0.364 e. The summed E-state index contributed by atoms with van der Waals surface area (Å²) >= 11 is 6.15. The van der Waals surface area contributed by atoms with Crippen LogP contribution in [0.15, 0.2) is 24.7 Å². The van der Waals surface area contributed by atoms with Crippen molar-refractivity contribution in [2.75, 3.05) is 13.1 Å². The van der Waals surface area contributed by atoms with Crippen LogP contribution >= 0.6 is 11.6 Å². The van der Waals surface area contributed by atoms with Crippen molar-refractivity contribution in [3.63, 3.8) is 0 Å². The van der Waals surface area contributed by atoms with Crippen molar-refractivity contribution in [1.82, 2.24) is 19.4 Å². The maximum atomic E-state index is 11.2. The molecule has 0 aliphatic carbocycles. The molecule has 0 bridgehead atoms. The van der Waals surface area contributed by atoms with Gasteiger partial charge in [0.25, 0.3) is 5.91 Å². The topological polar surface area (TPSA) is 77.0 Å². The van der Waals surface area contributed by atoms with Crippen molar-refractivity contribution in [2.45, 2.75) is 19.5 Å². The summed E-state index contributed by atoms with van der Waals surface area (Å²) in [5, 5.41) is 0.690. The Bertz CT molecular complexity index is 644. The van der Waals surface area contributed by atoms with Crippen LogP contribution in [0, 0.1) is 0 Å². The lowest BCUT2D eigenvalue weighted by atomic mass is 10.2. The first-order chi connectivity index (χ1) is 10.1. The van der Waals surface area contributed by atoms with Crippen LogP contribution in [-0.2, 0) is 19.5 Å². The van der Waals surface area contributed by atoms with E-state index in [0.29, 0.717) is 10.7 Å². The highest BCUT2D eigenvalue weighted by molar-refractivity contribution is 6.31. The SMILES string of the molecule is NC(=O)c1cn2c(n1)CCN(Cc1ccncc1Cl)CC2. The molecule has 0 unspecified atom stereocenters. The van der Waals surface area contributed by atoms with E-state index in [1.165, 1.54) is 0 Å². The number of pyridine rings is 1. The molecule has 3 rings (SSSR count). The van der Waals surface area contributed by atoms with Crippen LogP contribution in [0.4, 0.5) is 0 Å². The third-order valence-electron chi connectivity index (χ3n) is 3.67. The first-order valence-corrected chi connectivity index (χ1v) is 7.18. The number of nitrogens with two attached hydrogens (primary N) is 1. The van der Waals surface area contributed by atoms with Gasteiger partial charge in [-0.1, -0.05) is 11.6 Å². The second kappa shape index (κ2) is 5.83. The number of hydrogen-bond acceptors (Lipinski definition) is 4. The minimum atomic E-state index is -0.476. The van der Waals surface area contributed by atoms with Gasteiger partial charge in [0.05, 0.1) is 5.02 Å². The van der Waals surface area contributed by atoms with Gasteiger partial charge in [0.1, 0.15) is 11.5 Å². The molecule has 6 nitrogen and oxygen atoms in total. The molecule has 3 heterocycles. The van der Waals surface area contributed by atoms with Gasteiger partial charge in [0, 0.05) is 51.2 Å². The van der Waals surface area contributed by atoms with Gasteiger partial charge in [-0.3, -0.25) is 14.7 Å². The fourth-order valence-electron chi connectivity index (χ4n) is 2.52. The zero-order valence-electron chi connectivity index (χ0n) is 11.5. The molecule has 2 aromatic heterocycles. The molecule has 0 atom stereocenters. The molecule has 1 aliphatic rings. The van der Waals surface area contributed by atoms with Crippen LogP contribution in [0.5, 0.6) is 0 Å².